The Balaban J connectivity index is 1.74. The number of ether oxygens (including phenoxy) is 1. The lowest BCUT2D eigenvalue weighted by molar-refractivity contribution is -0.132. The minimum absolute atomic E-state index is 0.308. The van der Waals surface area contributed by atoms with Crippen LogP contribution in [0, 0.1) is 0 Å². The normalized spacial score (nSPS) is 26.1. The molecule has 2 N–H and O–H groups in total. The number of primary amides is 1. The Kier molecular flexibility index (Phi) is 3.91. The highest BCUT2D eigenvalue weighted by molar-refractivity contribution is 5.85. The van der Waals surface area contributed by atoms with Gasteiger partial charge in [-0.1, -0.05) is 0 Å². The van der Waals surface area contributed by atoms with Gasteiger partial charge in [-0.05, 0) is 32.2 Å². The lowest BCUT2D eigenvalue weighted by Gasteiger charge is -2.35. The molecule has 114 valence electrons. The summed E-state index contributed by atoms with van der Waals surface area (Å²) in [6, 6.07) is 0. The van der Waals surface area contributed by atoms with Crippen molar-refractivity contribution in [3.05, 3.63) is 23.8 Å². The van der Waals surface area contributed by atoms with Crippen molar-refractivity contribution in [3.63, 3.8) is 0 Å². The Labute approximate surface area is 124 Å². The first-order chi connectivity index (χ1) is 10.2. The molecule has 0 bridgehead atoms. The van der Waals surface area contributed by atoms with E-state index >= 15 is 0 Å². The second-order valence-electron chi connectivity index (χ2n) is 6.08. The van der Waals surface area contributed by atoms with Crippen molar-refractivity contribution < 1.29 is 9.53 Å². The van der Waals surface area contributed by atoms with E-state index in [1.807, 2.05) is 12.4 Å². The van der Waals surface area contributed by atoms with Crippen LogP contribution in [0.25, 0.3) is 0 Å². The first-order valence-electron chi connectivity index (χ1n) is 7.50. The first-order valence-corrected chi connectivity index (χ1v) is 7.50. The van der Waals surface area contributed by atoms with E-state index in [1.165, 1.54) is 12.8 Å². The molecule has 0 spiro atoms. The molecule has 1 atom stereocenters. The lowest BCUT2D eigenvalue weighted by Crippen LogP contribution is -2.56. The highest BCUT2D eigenvalue weighted by Crippen LogP contribution is 2.37. The van der Waals surface area contributed by atoms with E-state index in [1.54, 1.807) is 7.11 Å². The van der Waals surface area contributed by atoms with Gasteiger partial charge in [-0.15, -0.1) is 0 Å². The van der Waals surface area contributed by atoms with Crippen LogP contribution in [0.5, 0.6) is 0 Å². The molecule has 1 aromatic rings. The molecule has 1 aromatic heterocycles. The third-order valence-electron chi connectivity index (χ3n) is 4.51. The number of methoxy groups -OCH3 is 1. The van der Waals surface area contributed by atoms with Crippen LogP contribution in [0.4, 0.5) is 0 Å². The van der Waals surface area contributed by atoms with Gasteiger partial charge in [0.2, 0.25) is 5.91 Å². The van der Waals surface area contributed by atoms with Crippen LogP contribution >= 0.6 is 0 Å². The SMILES string of the molecule is COCC1(C(N)=O)CCCN1Cc1cnc(C2CC2)nc1. The molecule has 21 heavy (non-hydrogen) atoms. The van der Waals surface area contributed by atoms with Gasteiger partial charge in [0, 0.05) is 37.5 Å². The molecule has 0 radical (unpaired) electrons. The summed E-state index contributed by atoms with van der Waals surface area (Å²) in [5.41, 5.74) is 5.97. The molecule has 1 amide bonds. The Morgan fingerprint density at radius 2 is 2.19 bits per heavy atom. The van der Waals surface area contributed by atoms with Gasteiger partial charge >= 0.3 is 0 Å². The Morgan fingerprint density at radius 3 is 2.76 bits per heavy atom. The second-order valence-corrected chi connectivity index (χ2v) is 6.08. The van der Waals surface area contributed by atoms with Crippen molar-refractivity contribution in [2.24, 2.45) is 5.73 Å². The predicted molar refractivity (Wildman–Crippen MR) is 77.5 cm³/mol. The summed E-state index contributed by atoms with van der Waals surface area (Å²) in [6.07, 6.45) is 7.84. The Bertz CT molecular complexity index is 515. The monoisotopic (exact) mass is 290 g/mol. The van der Waals surface area contributed by atoms with Crippen molar-refractivity contribution in [2.45, 2.75) is 43.7 Å². The molecule has 1 aliphatic carbocycles. The van der Waals surface area contributed by atoms with Crippen LogP contribution in [-0.2, 0) is 16.1 Å². The number of nitrogens with two attached hydrogens (primary N) is 1. The van der Waals surface area contributed by atoms with E-state index in [9.17, 15) is 4.79 Å². The van der Waals surface area contributed by atoms with Gasteiger partial charge in [0.05, 0.1) is 6.61 Å². The standard InChI is InChI=1S/C15H22N4O2/c1-21-10-15(14(16)20)5-2-6-19(15)9-11-7-17-13(18-8-11)12-3-4-12/h7-8,12H,2-6,9-10H2,1H3,(H2,16,20). The minimum atomic E-state index is -0.691. The van der Waals surface area contributed by atoms with Crippen molar-refractivity contribution in [1.82, 2.24) is 14.9 Å². The van der Waals surface area contributed by atoms with E-state index in [0.717, 1.165) is 30.8 Å². The molecule has 6 heteroatoms. The fourth-order valence-corrected chi connectivity index (χ4v) is 3.14. The zero-order chi connectivity index (χ0) is 14.9. The summed E-state index contributed by atoms with van der Waals surface area (Å²) in [6.45, 7) is 1.82. The summed E-state index contributed by atoms with van der Waals surface area (Å²) >= 11 is 0. The van der Waals surface area contributed by atoms with Crippen LogP contribution in [-0.4, -0.2) is 46.6 Å². The molecular formula is C15H22N4O2. The zero-order valence-corrected chi connectivity index (χ0v) is 12.4. The summed E-state index contributed by atoms with van der Waals surface area (Å²) in [4.78, 5) is 22.9. The number of carbonyl (C=O) groups is 1. The van der Waals surface area contributed by atoms with Crippen LogP contribution in [0.1, 0.15) is 43.0 Å². The van der Waals surface area contributed by atoms with E-state index in [4.69, 9.17) is 10.5 Å². The van der Waals surface area contributed by atoms with Crippen LogP contribution < -0.4 is 5.73 Å². The van der Waals surface area contributed by atoms with Gasteiger partial charge < -0.3 is 10.5 Å². The van der Waals surface area contributed by atoms with E-state index in [0.29, 0.717) is 19.1 Å². The maximum atomic E-state index is 11.9. The van der Waals surface area contributed by atoms with Gasteiger partial charge in [0.25, 0.3) is 0 Å². The largest absolute Gasteiger partial charge is 0.382 e. The zero-order valence-electron chi connectivity index (χ0n) is 12.4. The molecule has 2 heterocycles. The van der Waals surface area contributed by atoms with Crippen molar-refractivity contribution in [2.75, 3.05) is 20.3 Å². The number of hydrogen-bond acceptors (Lipinski definition) is 5. The number of likely N-dealkylation sites (tertiary alicyclic amines) is 1. The third kappa shape index (κ3) is 2.78. The molecule has 3 rings (SSSR count). The van der Waals surface area contributed by atoms with Gasteiger partial charge in [0.1, 0.15) is 11.4 Å². The molecule has 6 nitrogen and oxygen atoms in total. The molecular weight excluding hydrogens is 268 g/mol. The number of aromatic nitrogens is 2. The molecule has 2 aliphatic rings. The highest BCUT2D eigenvalue weighted by atomic mass is 16.5. The van der Waals surface area contributed by atoms with Gasteiger partial charge in [-0.3, -0.25) is 9.69 Å². The van der Waals surface area contributed by atoms with E-state index in [-0.39, 0.29) is 5.91 Å². The lowest BCUT2D eigenvalue weighted by atomic mass is 9.96. The maximum Gasteiger partial charge on any atom is 0.240 e. The van der Waals surface area contributed by atoms with Crippen LogP contribution in [0.15, 0.2) is 12.4 Å². The molecule has 2 fully saturated rings. The second kappa shape index (κ2) is 5.69. The predicted octanol–water partition coefficient (Wildman–Crippen LogP) is 0.820. The van der Waals surface area contributed by atoms with Crippen LogP contribution in [0.3, 0.4) is 0 Å². The summed E-state index contributed by atoms with van der Waals surface area (Å²) in [7, 11) is 1.61. The third-order valence-corrected chi connectivity index (χ3v) is 4.51. The number of hydrogen-bond donors (Lipinski definition) is 1. The smallest absolute Gasteiger partial charge is 0.240 e. The van der Waals surface area contributed by atoms with Crippen molar-refractivity contribution >= 4 is 5.91 Å². The summed E-state index contributed by atoms with van der Waals surface area (Å²) in [5, 5.41) is 0. The summed E-state index contributed by atoms with van der Waals surface area (Å²) < 4.78 is 5.24. The number of carbonyl (C=O) groups excluding carboxylic acids is 1. The quantitative estimate of drug-likeness (QED) is 0.839. The molecule has 1 saturated heterocycles. The van der Waals surface area contributed by atoms with E-state index in [2.05, 4.69) is 14.9 Å². The number of rotatable bonds is 6. The van der Waals surface area contributed by atoms with Gasteiger partial charge in [-0.2, -0.15) is 0 Å². The fourth-order valence-electron chi connectivity index (χ4n) is 3.14. The summed E-state index contributed by atoms with van der Waals surface area (Å²) in [5.74, 6) is 1.19. The van der Waals surface area contributed by atoms with Gasteiger partial charge in [-0.25, -0.2) is 9.97 Å². The Morgan fingerprint density at radius 1 is 1.48 bits per heavy atom. The highest BCUT2D eigenvalue weighted by Gasteiger charge is 2.46. The molecule has 1 unspecified atom stereocenters. The minimum Gasteiger partial charge on any atom is -0.382 e. The average Bonchev–Trinajstić information content (AvgIpc) is 3.24. The molecule has 1 aliphatic heterocycles. The molecule has 1 saturated carbocycles. The maximum absolute atomic E-state index is 11.9. The number of nitrogens with zero attached hydrogens (tertiary/aromatic N) is 3. The first kappa shape index (κ1) is 14.4. The fraction of sp³-hybridized carbons (Fsp3) is 0.667. The average molecular weight is 290 g/mol. The van der Waals surface area contributed by atoms with Crippen molar-refractivity contribution in [1.29, 1.82) is 0 Å². The number of amides is 1. The molecule has 0 aromatic carbocycles. The topological polar surface area (TPSA) is 81.3 Å². The van der Waals surface area contributed by atoms with Gasteiger partial charge in [0.15, 0.2) is 0 Å². The van der Waals surface area contributed by atoms with Crippen LogP contribution in [0.2, 0.25) is 0 Å². The Hall–Kier alpha value is -1.53. The van der Waals surface area contributed by atoms with Crippen molar-refractivity contribution in [3.8, 4) is 0 Å². The van der Waals surface area contributed by atoms with E-state index < -0.39 is 5.54 Å².